The summed E-state index contributed by atoms with van der Waals surface area (Å²) in [5.41, 5.74) is 0. The summed E-state index contributed by atoms with van der Waals surface area (Å²) in [5, 5.41) is 0. The van der Waals surface area contributed by atoms with Crippen molar-refractivity contribution in [3.8, 4) is 0 Å². The molecule has 0 saturated heterocycles. The van der Waals surface area contributed by atoms with Gasteiger partial charge in [0.15, 0.2) is 12.2 Å². The maximum Gasteiger partial charge on any atom is 0.182 e. The summed E-state index contributed by atoms with van der Waals surface area (Å²) in [6, 6.07) is 0. The Kier molecular flexibility index (Phi) is 3.64. The van der Waals surface area contributed by atoms with Crippen LogP contribution in [-0.4, -0.2) is 18.1 Å². The summed E-state index contributed by atoms with van der Waals surface area (Å²) in [6.45, 7) is 6.45. The second-order valence-electron chi connectivity index (χ2n) is 2.83. The molecule has 1 heterocycles. The molecule has 0 spiro atoms. The molecule has 0 bridgehead atoms. The minimum Gasteiger partial charge on any atom is -0.449 e. The Labute approximate surface area is 73.4 Å². The quantitative estimate of drug-likeness (QED) is 0.675. The molecule has 0 amide bonds. The van der Waals surface area contributed by atoms with Crippen LogP contribution in [-0.2, 0) is 0 Å². The predicted octanol–water partition coefficient (Wildman–Crippen LogP) is 2.30. The summed E-state index contributed by atoms with van der Waals surface area (Å²) in [7, 11) is 0. The summed E-state index contributed by atoms with van der Waals surface area (Å²) in [6.07, 6.45) is 5.47. The first-order valence-electron chi connectivity index (χ1n) is 4.51. The van der Waals surface area contributed by atoms with Crippen molar-refractivity contribution in [2.24, 2.45) is 0 Å². The van der Waals surface area contributed by atoms with E-state index in [0.717, 1.165) is 31.7 Å². The van der Waals surface area contributed by atoms with E-state index in [2.05, 4.69) is 23.7 Å². The van der Waals surface area contributed by atoms with E-state index in [1.807, 2.05) is 0 Å². The van der Waals surface area contributed by atoms with Crippen molar-refractivity contribution in [2.75, 3.05) is 18.0 Å². The predicted molar refractivity (Wildman–Crippen MR) is 49.3 cm³/mol. The minimum atomic E-state index is 0.957. The average molecular weight is 168 g/mol. The van der Waals surface area contributed by atoms with Gasteiger partial charge in [-0.1, -0.05) is 13.8 Å². The van der Waals surface area contributed by atoms with Gasteiger partial charge in [-0.15, -0.1) is 0 Å². The van der Waals surface area contributed by atoms with Crippen LogP contribution >= 0.6 is 0 Å². The van der Waals surface area contributed by atoms with E-state index >= 15 is 0 Å². The van der Waals surface area contributed by atoms with Crippen molar-refractivity contribution in [1.82, 2.24) is 4.98 Å². The lowest BCUT2D eigenvalue weighted by molar-refractivity contribution is 0.557. The van der Waals surface area contributed by atoms with Crippen molar-refractivity contribution < 1.29 is 4.42 Å². The van der Waals surface area contributed by atoms with Gasteiger partial charge in [0.25, 0.3) is 0 Å². The van der Waals surface area contributed by atoms with Crippen LogP contribution in [0.25, 0.3) is 0 Å². The second kappa shape index (κ2) is 4.80. The van der Waals surface area contributed by atoms with Gasteiger partial charge < -0.3 is 9.32 Å². The summed E-state index contributed by atoms with van der Waals surface area (Å²) >= 11 is 0. The molecule has 3 heteroatoms. The molecular formula is C9H16N2O. The van der Waals surface area contributed by atoms with Crippen molar-refractivity contribution >= 4 is 5.82 Å². The molecule has 0 aromatic carbocycles. The summed E-state index contributed by atoms with van der Waals surface area (Å²) in [4.78, 5) is 6.35. The Hall–Kier alpha value is -0.990. The molecule has 1 aromatic rings. The Morgan fingerprint density at radius 3 is 2.42 bits per heavy atom. The topological polar surface area (TPSA) is 29.3 Å². The number of oxazole rings is 1. The van der Waals surface area contributed by atoms with E-state index < -0.39 is 0 Å². The molecular weight excluding hydrogens is 152 g/mol. The first-order valence-corrected chi connectivity index (χ1v) is 4.51. The number of hydrogen-bond acceptors (Lipinski definition) is 3. The molecule has 0 atom stereocenters. The van der Waals surface area contributed by atoms with Gasteiger partial charge >= 0.3 is 0 Å². The number of nitrogens with zero attached hydrogens (tertiary/aromatic N) is 2. The van der Waals surface area contributed by atoms with Crippen LogP contribution in [0.15, 0.2) is 17.1 Å². The van der Waals surface area contributed by atoms with Gasteiger partial charge in [-0.05, 0) is 12.8 Å². The van der Waals surface area contributed by atoms with Crippen LogP contribution < -0.4 is 4.90 Å². The second-order valence-corrected chi connectivity index (χ2v) is 2.83. The fraction of sp³-hybridized carbons (Fsp3) is 0.667. The van der Waals surface area contributed by atoms with Gasteiger partial charge in [0, 0.05) is 13.1 Å². The largest absolute Gasteiger partial charge is 0.449 e. The van der Waals surface area contributed by atoms with E-state index in [1.165, 1.54) is 6.39 Å². The minimum absolute atomic E-state index is 0.957. The lowest BCUT2D eigenvalue weighted by Crippen LogP contribution is -2.24. The van der Waals surface area contributed by atoms with Crippen molar-refractivity contribution in [3.63, 3.8) is 0 Å². The highest BCUT2D eigenvalue weighted by molar-refractivity contribution is 5.33. The standard InChI is InChI=1S/C9H16N2O/c1-3-5-11(6-4-2)9-7-12-8-10-9/h7-8H,3-6H2,1-2H3. The molecule has 68 valence electrons. The Balaban J connectivity index is 2.53. The number of aromatic nitrogens is 1. The highest BCUT2D eigenvalue weighted by Crippen LogP contribution is 2.10. The van der Waals surface area contributed by atoms with Crippen molar-refractivity contribution in [3.05, 3.63) is 12.7 Å². The molecule has 3 nitrogen and oxygen atoms in total. The van der Waals surface area contributed by atoms with Crippen molar-refractivity contribution in [1.29, 1.82) is 0 Å². The molecule has 0 aliphatic carbocycles. The number of hydrogen-bond donors (Lipinski definition) is 0. The van der Waals surface area contributed by atoms with E-state index in [0.29, 0.717) is 0 Å². The van der Waals surface area contributed by atoms with Crippen LogP contribution in [0.1, 0.15) is 26.7 Å². The van der Waals surface area contributed by atoms with Gasteiger partial charge in [0.1, 0.15) is 6.26 Å². The Bertz CT molecular complexity index is 190. The normalized spacial score (nSPS) is 10.2. The first kappa shape index (κ1) is 9.10. The third-order valence-corrected chi connectivity index (χ3v) is 1.73. The van der Waals surface area contributed by atoms with E-state index in [1.54, 1.807) is 6.26 Å². The third kappa shape index (κ3) is 2.26. The fourth-order valence-electron chi connectivity index (χ4n) is 1.24. The SMILES string of the molecule is CCCN(CCC)c1cocn1. The third-order valence-electron chi connectivity index (χ3n) is 1.73. The summed E-state index contributed by atoms with van der Waals surface area (Å²) < 4.78 is 4.94. The molecule has 0 unspecified atom stereocenters. The maximum absolute atomic E-state index is 4.94. The molecule has 1 rings (SSSR count). The fourth-order valence-corrected chi connectivity index (χ4v) is 1.24. The average Bonchev–Trinajstić information content (AvgIpc) is 2.56. The molecule has 0 saturated carbocycles. The van der Waals surface area contributed by atoms with Crippen LogP contribution in [0.2, 0.25) is 0 Å². The molecule has 0 aliphatic rings. The maximum atomic E-state index is 4.94. The molecule has 0 N–H and O–H groups in total. The Morgan fingerprint density at radius 2 is 2.00 bits per heavy atom. The van der Waals surface area contributed by atoms with Crippen LogP contribution in [0.5, 0.6) is 0 Å². The lowest BCUT2D eigenvalue weighted by atomic mass is 10.3. The molecule has 12 heavy (non-hydrogen) atoms. The lowest BCUT2D eigenvalue weighted by Gasteiger charge is -2.19. The number of rotatable bonds is 5. The zero-order valence-electron chi connectivity index (χ0n) is 7.79. The van der Waals surface area contributed by atoms with E-state index in [9.17, 15) is 0 Å². The zero-order chi connectivity index (χ0) is 8.81. The summed E-state index contributed by atoms with van der Waals surface area (Å²) in [5.74, 6) is 0.957. The first-order chi connectivity index (χ1) is 5.88. The van der Waals surface area contributed by atoms with Gasteiger partial charge in [-0.2, -0.15) is 4.98 Å². The highest BCUT2D eigenvalue weighted by atomic mass is 16.3. The smallest absolute Gasteiger partial charge is 0.182 e. The van der Waals surface area contributed by atoms with Crippen LogP contribution in [0.4, 0.5) is 5.82 Å². The molecule has 0 aliphatic heterocycles. The Morgan fingerprint density at radius 1 is 1.33 bits per heavy atom. The highest BCUT2D eigenvalue weighted by Gasteiger charge is 2.05. The van der Waals surface area contributed by atoms with Gasteiger partial charge in [-0.25, -0.2) is 0 Å². The van der Waals surface area contributed by atoms with Gasteiger partial charge in [0.2, 0.25) is 0 Å². The molecule has 0 radical (unpaired) electrons. The van der Waals surface area contributed by atoms with Gasteiger partial charge in [0.05, 0.1) is 0 Å². The van der Waals surface area contributed by atoms with E-state index in [4.69, 9.17) is 4.42 Å². The van der Waals surface area contributed by atoms with Crippen LogP contribution in [0, 0.1) is 0 Å². The monoisotopic (exact) mass is 168 g/mol. The van der Waals surface area contributed by atoms with Crippen molar-refractivity contribution in [2.45, 2.75) is 26.7 Å². The molecule has 1 aromatic heterocycles. The zero-order valence-corrected chi connectivity index (χ0v) is 7.79. The van der Waals surface area contributed by atoms with Gasteiger partial charge in [-0.3, -0.25) is 0 Å². The van der Waals surface area contributed by atoms with Crippen LogP contribution in [0.3, 0.4) is 0 Å². The van der Waals surface area contributed by atoms with E-state index in [-0.39, 0.29) is 0 Å². The number of anilines is 1. The molecule has 0 fully saturated rings.